The number of aromatic nitrogens is 1. The Hall–Kier alpha value is -2.68. The van der Waals surface area contributed by atoms with Crippen molar-refractivity contribution in [3.8, 4) is 0 Å². The molecule has 0 bridgehead atoms. The first kappa shape index (κ1) is 21.5. The first-order valence-electron chi connectivity index (χ1n) is 10.7. The Bertz CT molecular complexity index is 995. The molecule has 1 saturated heterocycles. The van der Waals surface area contributed by atoms with Crippen molar-refractivity contribution in [3.63, 3.8) is 0 Å². The largest absolute Gasteiger partial charge is 0.379 e. The summed E-state index contributed by atoms with van der Waals surface area (Å²) >= 11 is 1.37. The van der Waals surface area contributed by atoms with Gasteiger partial charge in [0.2, 0.25) is 5.91 Å². The average Bonchev–Trinajstić information content (AvgIpc) is 3.47. The Morgan fingerprint density at radius 3 is 2.81 bits per heavy atom. The molecule has 3 aromatic rings. The van der Waals surface area contributed by atoms with Crippen LogP contribution >= 0.6 is 11.3 Å². The molecule has 2 aromatic heterocycles. The Labute approximate surface area is 185 Å². The predicted octanol–water partition coefficient (Wildman–Crippen LogP) is 2.41. The molecule has 164 valence electrons. The molecule has 8 heteroatoms. The van der Waals surface area contributed by atoms with E-state index < -0.39 is 6.04 Å². The number of nitrogens with zero attached hydrogens (tertiary/aromatic N) is 1. The molecule has 1 aliphatic rings. The molecule has 3 N–H and O–H groups in total. The summed E-state index contributed by atoms with van der Waals surface area (Å²) in [7, 11) is 0. The second-order valence-corrected chi connectivity index (χ2v) is 8.61. The normalized spacial score (nSPS) is 15.6. The Morgan fingerprint density at radius 2 is 2.00 bits per heavy atom. The molecule has 0 saturated carbocycles. The number of carbonyl (C=O) groups is 2. The highest BCUT2D eigenvalue weighted by atomic mass is 32.1. The molecule has 2 amide bonds. The third-order valence-corrected chi connectivity index (χ3v) is 6.39. The molecule has 1 aliphatic heterocycles. The number of nitrogens with one attached hydrogen (secondary N) is 3. The molecule has 3 heterocycles. The number of amides is 2. The number of morpholine rings is 1. The van der Waals surface area contributed by atoms with Crippen LogP contribution in [-0.4, -0.2) is 67.1 Å². The summed E-state index contributed by atoms with van der Waals surface area (Å²) in [5.41, 5.74) is 2.03. The fraction of sp³-hybridized carbons (Fsp3) is 0.391. The highest BCUT2D eigenvalue weighted by Crippen LogP contribution is 2.19. The molecule has 1 aromatic carbocycles. The number of hydrogen-bond acceptors (Lipinski definition) is 5. The lowest BCUT2D eigenvalue weighted by atomic mass is 10.0. The number of H-pyrrole nitrogens is 1. The van der Waals surface area contributed by atoms with Crippen LogP contribution in [0.1, 0.15) is 21.7 Å². The van der Waals surface area contributed by atoms with Crippen molar-refractivity contribution in [1.29, 1.82) is 0 Å². The van der Waals surface area contributed by atoms with Crippen molar-refractivity contribution < 1.29 is 14.3 Å². The van der Waals surface area contributed by atoms with E-state index in [9.17, 15) is 9.59 Å². The smallest absolute Gasteiger partial charge is 0.262 e. The summed E-state index contributed by atoms with van der Waals surface area (Å²) in [5, 5.41) is 8.87. The van der Waals surface area contributed by atoms with E-state index in [1.54, 1.807) is 6.07 Å². The van der Waals surface area contributed by atoms with Gasteiger partial charge in [0.25, 0.3) is 5.91 Å². The van der Waals surface area contributed by atoms with Crippen LogP contribution < -0.4 is 10.6 Å². The number of ether oxygens (including phenoxy) is 1. The van der Waals surface area contributed by atoms with Crippen LogP contribution in [-0.2, 0) is 16.0 Å². The molecule has 4 rings (SSSR count). The first-order valence-corrected chi connectivity index (χ1v) is 11.6. The van der Waals surface area contributed by atoms with E-state index in [0.717, 1.165) is 55.7 Å². The van der Waals surface area contributed by atoms with Gasteiger partial charge in [-0.1, -0.05) is 24.3 Å². The van der Waals surface area contributed by atoms with Crippen LogP contribution in [0.4, 0.5) is 0 Å². The topological polar surface area (TPSA) is 86.5 Å². The molecule has 0 radical (unpaired) electrons. The zero-order valence-electron chi connectivity index (χ0n) is 17.4. The fourth-order valence-electron chi connectivity index (χ4n) is 3.83. The van der Waals surface area contributed by atoms with Crippen molar-refractivity contribution in [1.82, 2.24) is 20.5 Å². The lowest BCUT2D eigenvalue weighted by molar-refractivity contribution is -0.123. The van der Waals surface area contributed by atoms with Gasteiger partial charge in [-0.05, 0) is 36.0 Å². The number of fused-ring (bicyclic) bond motifs is 1. The van der Waals surface area contributed by atoms with Crippen molar-refractivity contribution in [2.24, 2.45) is 0 Å². The molecule has 0 aliphatic carbocycles. The number of carbonyl (C=O) groups excluding carboxylic acids is 2. The summed E-state index contributed by atoms with van der Waals surface area (Å²) in [6.45, 7) is 4.93. The van der Waals surface area contributed by atoms with E-state index >= 15 is 0 Å². The molecule has 1 atom stereocenters. The van der Waals surface area contributed by atoms with Crippen molar-refractivity contribution in [2.45, 2.75) is 18.9 Å². The third-order valence-electron chi connectivity index (χ3n) is 5.52. The number of thiophene rings is 1. The number of para-hydroxylation sites is 1. The van der Waals surface area contributed by atoms with Crippen molar-refractivity contribution in [2.75, 3.05) is 39.4 Å². The number of aromatic amines is 1. The van der Waals surface area contributed by atoms with Gasteiger partial charge in [0.15, 0.2) is 0 Å². The maximum atomic E-state index is 13.0. The second-order valence-electron chi connectivity index (χ2n) is 7.67. The van der Waals surface area contributed by atoms with Crippen LogP contribution in [0.25, 0.3) is 10.9 Å². The van der Waals surface area contributed by atoms with Crippen LogP contribution in [0.15, 0.2) is 48.0 Å². The molecule has 7 nitrogen and oxygen atoms in total. The molecular weight excluding hydrogens is 412 g/mol. The van der Waals surface area contributed by atoms with E-state index in [1.165, 1.54) is 11.3 Å². The van der Waals surface area contributed by atoms with Crippen LogP contribution in [0.3, 0.4) is 0 Å². The summed E-state index contributed by atoms with van der Waals surface area (Å²) in [6.07, 6.45) is 3.21. The lowest BCUT2D eigenvalue weighted by Crippen LogP contribution is -2.48. The maximum absolute atomic E-state index is 13.0. The Morgan fingerprint density at radius 1 is 1.16 bits per heavy atom. The Kier molecular flexibility index (Phi) is 7.35. The summed E-state index contributed by atoms with van der Waals surface area (Å²) in [5.74, 6) is -0.375. The molecule has 0 spiro atoms. The van der Waals surface area contributed by atoms with Gasteiger partial charge >= 0.3 is 0 Å². The van der Waals surface area contributed by atoms with Gasteiger partial charge in [0.1, 0.15) is 6.04 Å². The van der Waals surface area contributed by atoms with Gasteiger partial charge in [-0.3, -0.25) is 14.5 Å². The third kappa shape index (κ3) is 5.72. The van der Waals surface area contributed by atoms with E-state index in [4.69, 9.17) is 4.74 Å². The summed E-state index contributed by atoms with van der Waals surface area (Å²) in [4.78, 5) is 31.8. The number of rotatable bonds is 9. The van der Waals surface area contributed by atoms with E-state index in [0.29, 0.717) is 17.8 Å². The maximum Gasteiger partial charge on any atom is 0.262 e. The second kappa shape index (κ2) is 10.6. The van der Waals surface area contributed by atoms with Gasteiger partial charge in [0, 0.05) is 43.2 Å². The summed E-state index contributed by atoms with van der Waals surface area (Å²) in [6, 6.07) is 10.9. The van der Waals surface area contributed by atoms with E-state index in [1.807, 2.05) is 41.9 Å². The van der Waals surface area contributed by atoms with Gasteiger partial charge in [-0.15, -0.1) is 11.3 Å². The van der Waals surface area contributed by atoms with Crippen LogP contribution in [0, 0.1) is 0 Å². The van der Waals surface area contributed by atoms with Crippen LogP contribution in [0.5, 0.6) is 0 Å². The summed E-state index contributed by atoms with van der Waals surface area (Å²) < 4.78 is 5.37. The van der Waals surface area contributed by atoms with Gasteiger partial charge in [-0.2, -0.15) is 0 Å². The molecule has 31 heavy (non-hydrogen) atoms. The SMILES string of the molecule is O=C(N[C@@H](Cc1c[nH]c2ccccc12)C(=O)NCCCN1CCOCC1)c1cccs1. The monoisotopic (exact) mass is 440 g/mol. The predicted molar refractivity (Wildman–Crippen MR) is 122 cm³/mol. The van der Waals surface area contributed by atoms with Gasteiger partial charge in [-0.25, -0.2) is 0 Å². The van der Waals surface area contributed by atoms with Crippen LogP contribution in [0.2, 0.25) is 0 Å². The molecule has 1 fully saturated rings. The minimum absolute atomic E-state index is 0.155. The minimum Gasteiger partial charge on any atom is -0.379 e. The minimum atomic E-state index is -0.641. The zero-order valence-corrected chi connectivity index (χ0v) is 18.2. The zero-order chi connectivity index (χ0) is 21.5. The van der Waals surface area contributed by atoms with Crippen molar-refractivity contribution >= 4 is 34.1 Å². The lowest BCUT2D eigenvalue weighted by Gasteiger charge is -2.26. The van der Waals surface area contributed by atoms with E-state index in [-0.39, 0.29) is 11.8 Å². The highest BCUT2D eigenvalue weighted by molar-refractivity contribution is 7.12. The first-order chi connectivity index (χ1) is 15.2. The molecule has 0 unspecified atom stereocenters. The Balaban J connectivity index is 1.38. The van der Waals surface area contributed by atoms with Gasteiger partial charge in [0.05, 0.1) is 18.1 Å². The van der Waals surface area contributed by atoms with Crippen molar-refractivity contribution in [3.05, 3.63) is 58.4 Å². The number of benzene rings is 1. The quantitative estimate of drug-likeness (QED) is 0.446. The fourth-order valence-corrected chi connectivity index (χ4v) is 4.46. The molecular formula is C23H28N4O3S. The highest BCUT2D eigenvalue weighted by Gasteiger charge is 2.23. The van der Waals surface area contributed by atoms with E-state index in [2.05, 4.69) is 20.5 Å². The number of hydrogen-bond donors (Lipinski definition) is 3. The van der Waals surface area contributed by atoms with Gasteiger partial charge < -0.3 is 20.4 Å². The average molecular weight is 441 g/mol. The standard InChI is InChI=1S/C23H28N4O3S/c28-22(24-8-4-9-27-10-12-30-13-11-27)20(26-23(29)21-7-3-14-31-21)15-17-16-25-19-6-2-1-5-18(17)19/h1-3,5-7,14,16,20,25H,4,8-13,15H2,(H,24,28)(H,26,29)/t20-/m0/s1.